The second kappa shape index (κ2) is 18.6. The minimum absolute atomic E-state index is 0.389. The molecule has 0 atom stereocenters. The van der Waals surface area contributed by atoms with Gasteiger partial charge in [-0.2, -0.15) is 0 Å². The molecule has 88 valence electrons. The fourth-order valence-corrected chi connectivity index (χ4v) is 0.713. The van der Waals surface area contributed by atoms with Crippen LogP contribution in [0.2, 0.25) is 0 Å². The van der Waals surface area contributed by atoms with Gasteiger partial charge in [-0.1, -0.05) is 26.7 Å². The summed E-state index contributed by atoms with van der Waals surface area (Å²) in [5.74, 6) is 0. The fourth-order valence-electron chi connectivity index (χ4n) is 0.713. The van der Waals surface area contributed by atoms with E-state index in [-0.39, 0.29) is 0 Å². The highest BCUT2D eigenvalue weighted by molar-refractivity contribution is 4.33. The number of methoxy groups -OCH3 is 2. The lowest BCUT2D eigenvalue weighted by Gasteiger charge is -1.99. The third-order valence-corrected chi connectivity index (χ3v) is 1.52. The van der Waals surface area contributed by atoms with Crippen LogP contribution in [0.25, 0.3) is 0 Å². The predicted octanol–water partition coefficient (Wildman–Crippen LogP) is 2.84. The lowest BCUT2D eigenvalue weighted by atomic mass is 10.3. The quantitative estimate of drug-likeness (QED) is 0.451. The van der Waals surface area contributed by atoms with Gasteiger partial charge in [-0.15, -0.1) is 0 Å². The van der Waals surface area contributed by atoms with Crippen molar-refractivity contribution < 1.29 is 14.2 Å². The molecular weight excluding hydrogens is 180 g/mol. The van der Waals surface area contributed by atoms with Gasteiger partial charge in [-0.3, -0.25) is 0 Å². The smallest absolute Gasteiger partial charge is 0.145 e. The normalized spacial score (nSPS) is 9.43. The molecule has 14 heavy (non-hydrogen) atoms. The van der Waals surface area contributed by atoms with Crippen LogP contribution in [0.3, 0.4) is 0 Å². The average molecular weight is 206 g/mol. The fraction of sp³-hybridized carbons (Fsp3) is 1.00. The van der Waals surface area contributed by atoms with Crippen molar-refractivity contribution in [3.05, 3.63) is 0 Å². The zero-order valence-corrected chi connectivity index (χ0v) is 10.2. The van der Waals surface area contributed by atoms with Gasteiger partial charge in [-0.05, 0) is 12.8 Å². The Morgan fingerprint density at radius 3 is 1.43 bits per heavy atom. The van der Waals surface area contributed by atoms with Crippen molar-refractivity contribution in [2.75, 3.05) is 34.2 Å². The highest BCUT2D eigenvalue weighted by Gasteiger charge is 1.84. The van der Waals surface area contributed by atoms with Crippen LogP contribution in [0.5, 0.6) is 0 Å². The highest BCUT2D eigenvalue weighted by atomic mass is 16.6. The standard InChI is InChI=1S/C8H18O.C3H8O2/c1-3-5-7-9-8-6-4-2;1-4-3-5-2/h3-8H2,1-2H3;3H2,1-2H3. The van der Waals surface area contributed by atoms with Gasteiger partial charge in [-0.25, -0.2) is 0 Å². The summed E-state index contributed by atoms with van der Waals surface area (Å²) in [6, 6.07) is 0. The van der Waals surface area contributed by atoms with Gasteiger partial charge in [0.2, 0.25) is 0 Å². The number of rotatable bonds is 8. The summed E-state index contributed by atoms with van der Waals surface area (Å²) in [7, 11) is 3.17. The molecule has 0 saturated heterocycles. The van der Waals surface area contributed by atoms with E-state index in [2.05, 4.69) is 23.3 Å². The van der Waals surface area contributed by atoms with E-state index in [0.29, 0.717) is 6.79 Å². The summed E-state index contributed by atoms with van der Waals surface area (Å²) in [4.78, 5) is 0. The molecule has 0 heterocycles. The van der Waals surface area contributed by atoms with E-state index in [4.69, 9.17) is 4.74 Å². The third-order valence-electron chi connectivity index (χ3n) is 1.52. The second-order valence-corrected chi connectivity index (χ2v) is 3.01. The average Bonchev–Trinajstić information content (AvgIpc) is 2.20. The van der Waals surface area contributed by atoms with Crippen LogP contribution >= 0.6 is 0 Å². The summed E-state index contributed by atoms with van der Waals surface area (Å²) in [6.45, 7) is 6.67. The number of unbranched alkanes of at least 4 members (excludes halogenated alkanes) is 2. The lowest BCUT2D eigenvalue weighted by molar-refractivity contribution is -0.00271. The molecule has 0 amide bonds. The molecule has 0 saturated carbocycles. The first-order valence-electron chi connectivity index (χ1n) is 5.39. The van der Waals surface area contributed by atoms with Crippen molar-refractivity contribution in [1.82, 2.24) is 0 Å². The first kappa shape index (κ1) is 16.3. The van der Waals surface area contributed by atoms with Gasteiger partial charge in [0.05, 0.1) is 0 Å². The molecule has 3 heteroatoms. The maximum Gasteiger partial charge on any atom is 0.145 e. The molecule has 0 spiro atoms. The molecule has 0 aliphatic rings. The monoisotopic (exact) mass is 206 g/mol. The maximum absolute atomic E-state index is 5.31. The van der Waals surface area contributed by atoms with Crippen LogP contribution in [0.1, 0.15) is 39.5 Å². The number of hydrogen-bond donors (Lipinski definition) is 0. The Bertz CT molecular complexity index is 68.9. The van der Waals surface area contributed by atoms with E-state index < -0.39 is 0 Å². The molecule has 0 bridgehead atoms. The largest absolute Gasteiger partial charge is 0.381 e. The van der Waals surface area contributed by atoms with Crippen LogP contribution in [-0.2, 0) is 14.2 Å². The van der Waals surface area contributed by atoms with Gasteiger partial charge in [0, 0.05) is 27.4 Å². The molecule has 0 unspecified atom stereocenters. The lowest BCUT2D eigenvalue weighted by Crippen LogP contribution is -1.95. The van der Waals surface area contributed by atoms with E-state index in [1.807, 2.05) is 0 Å². The summed E-state index contributed by atoms with van der Waals surface area (Å²) in [6.07, 6.45) is 4.91. The summed E-state index contributed by atoms with van der Waals surface area (Å²) < 4.78 is 14.3. The molecule has 0 aliphatic carbocycles. The van der Waals surface area contributed by atoms with Crippen molar-refractivity contribution in [2.45, 2.75) is 39.5 Å². The van der Waals surface area contributed by atoms with Crippen LogP contribution in [0.15, 0.2) is 0 Å². The van der Waals surface area contributed by atoms with Crippen LogP contribution in [0, 0.1) is 0 Å². The zero-order chi connectivity index (χ0) is 11.1. The van der Waals surface area contributed by atoms with Crippen LogP contribution < -0.4 is 0 Å². The molecule has 0 rings (SSSR count). The zero-order valence-electron chi connectivity index (χ0n) is 10.2. The SMILES string of the molecule is CCCCOCCCC.COCOC. The van der Waals surface area contributed by atoms with E-state index in [9.17, 15) is 0 Å². The molecule has 0 radical (unpaired) electrons. The van der Waals surface area contributed by atoms with E-state index in [0.717, 1.165) is 13.2 Å². The molecule has 0 fully saturated rings. The second-order valence-electron chi connectivity index (χ2n) is 3.01. The molecule has 3 nitrogen and oxygen atoms in total. The van der Waals surface area contributed by atoms with Crippen molar-refractivity contribution in [2.24, 2.45) is 0 Å². The Hall–Kier alpha value is -0.120. The van der Waals surface area contributed by atoms with E-state index in [1.165, 1.54) is 25.7 Å². The van der Waals surface area contributed by atoms with Crippen LogP contribution in [0.4, 0.5) is 0 Å². The van der Waals surface area contributed by atoms with Crippen molar-refractivity contribution >= 4 is 0 Å². The Kier molecular flexibility index (Phi) is 21.7. The molecular formula is C11H26O3. The third kappa shape index (κ3) is 22.6. The van der Waals surface area contributed by atoms with Crippen molar-refractivity contribution in [3.8, 4) is 0 Å². The minimum atomic E-state index is 0.389. The van der Waals surface area contributed by atoms with E-state index in [1.54, 1.807) is 14.2 Å². The van der Waals surface area contributed by atoms with Gasteiger partial charge >= 0.3 is 0 Å². The predicted molar refractivity (Wildman–Crippen MR) is 59.5 cm³/mol. The number of ether oxygens (including phenoxy) is 3. The minimum Gasteiger partial charge on any atom is -0.381 e. The maximum atomic E-state index is 5.31. The van der Waals surface area contributed by atoms with Gasteiger partial charge in [0.25, 0.3) is 0 Å². The Balaban J connectivity index is 0. The van der Waals surface area contributed by atoms with Gasteiger partial charge < -0.3 is 14.2 Å². The number of hydrogen-bond acceptors (Lipinski definition) is 3. The Morgan fingerprint density at radius 1 is 0.786 bits per heavy atom. The molecule has 0 aromatic heterocycles. The summed E-state index contributed by atoms with van der Waals surface area (Å²) >= 11 is 0. The molecule has 0 aromatic rings. The van der Waals surface area contributed by atoms with Gasteiger partial charge in [0.1, 0.15) is 6.79 Å². The first-order chi connectivity index (χ1) is 6.83. The molecule has 0 aliphatic heterocycles. The van der Waals surface area contributed by atoms with Crippen molar-refractivity contribution in [1.29, 1.82) is 0 Å². The Labute approximate surface area is 88.7 Å². The van der Waals surface area contributed by atoms with E-state index >= 15 is 0 Å². The van der Waals surface area contributed by atoms with Crippen molar-refractivity contribution in [3.63, 3.8) is 0 Å². The Morgan fingerprint density at radius 2 is 1.21 bits per heavy atom. The van der Waals surface area contributed by atoms with Gasteiger partial charge in [0.15, 0.2) is 0 Å². The summed E-state index contributed by atoms with van der Waals surface area (Å²) in [5.41, 5.74) is 0. The summed E-state index contributed by atoms with van der Waals surface area (Å²) in [5, 5.41) is 0. The molecule has 0 N–H and O–H groups in total. The highest BCUT2D eigenvalue weighted by Crippen LogP contribution is 1.91. The van der Waals surface area contributed by atoms with Crippen LogP contribution in [-0.4, -0.2) is 34.2 Å². The first-order valence-corrected chi connectivity index (χ1v) is 5.39. The molecule has 0 aromatic carbocycles. The topological polar surface area (TPSA) is 27.7 Å².